The molecular weight excluding hydrogens is 186 g/mol. The van der Waals surface area contributed by atoms with Crippen LogP contribution >= 0.6 is 0 Å². The number of hydrogen-bond acceptors (Lipinski definition) is 2. The van der Waals surface area contributed by atoms with Crippen molar-refractivity contribution in [1.29, 1.82) is 0 Å². The summed E-state index contributed by atoms with van der Waals surface area (Å²) < 4.78 is 5.38. The number of furan rings is 1. The molecular formula is C13H21NO. The normalized spacial score (nSPS) is 20.9. The molecule has 2 heteroatoms. The lowest BCUT2D eigenvalue weighted by Crippen LogP contribution is -2.32. The summed E-state index contributed by atoms with van der Waals surface area (Å²) in [6.07, 6.45) is 7.35. The van der Waals surface area contributed by atoms with E-state index in [4.69, 9.17) is 4.42 Å². The summed E-state index contributed by atoms with van der Waals surface area (Å²) in [6.45, 7) is 4.44. The molecule has 2 rings (SSSR count). The van der Waals surface area contributed by atoms with Gasteiger partial charge in [-0.15, -0.1) is 0 Å². The lowest BCUT2D eigenvalue weighted by atomic mass is 9.81. The first-order valence-corrected chi connectivity index (χ1v) is 6.05. The lowest BCUT2D eigenvalue weighted by Gasteiger charge is -2.29. The maximum Gasteiger partial charge on any atom is 0.120 e. The number of rotatable bonds is 5. The Morgan fingerprint density at radius 1 is 1.47 bits per heavy atom. The molecule has 1 aromatic heterocycles. The van der Waals surface area contributed by atoms with Gasteiger partial charge in [0.25, 0.3) is 0 Å². The van der Waals surface area contributed by atoms with Crippen LogP contribution in [0.4, 0.5) is 0 Å². The van der Waals surface area contributed by atoms with Gasteiger partial charge in [0.1, 0.15) is 5.76 Å². The lowest BCUT2D eigenvalue weighted by molar-refractivity contribution is 0.255. The minimum atomic E-state index is 0.329. The highest BCUT2D eigenvalue weighted by atomic mass is 16.3. The molecule has 0 spiro atoms. The van der Waals surface area contributed by atoms with Crippen LogP contribution in [-0.4, -0.2) is 6.04 Å². The van der Waals surface area contributed by atoms with Crippen molar-refractivity contribution in [3.8, 4) is 0 Å². The molecule has 2 atom stereocenters. The molecule has 1 heterocycles. The van der Waals surface area contributed by atoms with Crippen molar-refractivity contribution in [2.45, 2.75) is 51.6 Å². The zero-order valence-electron chi connectivity index (χ0n) is 9.70. The van der Waals surface area contributed by atoms with Gasteiger partial charge in [-0.25, -0.2) is 0 Å². The summed E-state index contributed by atoms with van der Waals surface area (Å²) in [5.41, 5.74) is 0. The quantitative estimate of drug-likeness (QED) is 0.799. The van der Waals surface area contributed by atoms with E-state index >= 15 is 0 Å². The molecule has 1 fully saturated rings. The molecule has 2 nitrogen and oxygen atoms in total. The van der Waals surface area contributed by atoms with Crippen LogP contribution in [0, 0.1) is 5.92 Å². The Morgan fingerprint density at radius 2 is 2.27 bits per heavy atom. The summed E-state index contributed by atoms with van der Waals surface area (Å²) in [4.78, 5) is 0. The van der Waals surface area contributed by atoms with E-state index < -0.39 is 0 Å². The zero-order chi connectivity index (χ0) is 10.7. The van der Waals surface area contributed by atoms with Crippen LogP contribution in [0.5, 0.6) is 0 Å². The van der Waals surface area contributed by atoms with Gasteiger partial charge in [0.2, 0.25) is 0 Å². The van der Waals surface area contributed by atoms with E-state index in [1.54, 1.807) is 6.26 Å². The van der Waals surface area contributed by atoms with Crippen molar-refractivity contribution in [2.24, 2.45) is 5.92 Å². The van der Waals surface area contributed by atoms with Gasteiger partial charge >= 0.3 is 0 Å². The predicted molar refractivity (Wildman–Crippen MR) is 61.7 cm³/mol. The van der Waals surface area contributed by atoms with Gasteiger partial charge in [-0.3, -0.25) is 0 Å². The van der Waals surface area contributed by atoms with Crippen molar-refractivity contribution in [1.82, 2.24) is 5.32 Å². The molecule has 1 unspecified atom stereocenters. The number of hydrogen-bond donors (Lipinski definition) is 1. The Bertz CT molecular complexity index is 277. The first-order valence-electron chi connectivity index (χ1n) is 6.05. The van der Waals surface area contributed by atoms with E-state index in [9.17, 15) is 0 Å². The predicted octanol–water partition coefficient (Wildman–Crippen LogP) is 3.51. The highest BCUT2D eigenvalue weighted by Crippen LogP contribution is 2.30. The molecule has 1 aliphatic carbocycles. The SMILES string of the molecule is CC(CC1CCC1)N[C@H](C)c1ccco1. The molecule has 0 bridgehead atoms. The minimum absolute atomic E-state index is 0.329. The van der Waals surface area contributed by atoms with Crippen LogP contribution in [0.3, 0.4) is 0 Å². The topological polar surface area (TPSA) is 25.2 Å². The molecule has 0 radical (unpaired) electrons. The maximum atomic E-state index is 5.38. The fraction of sp³-hybridized carbons (Fsp3) is 0.692. The summed E-state index contributed by atoms with van der Waals surface area (Å²) in [6, 6.07) is 4.91. The maximum absolute atomic E-state index is 5.38. The Morgan fingerprint density at radius 3 is 2.80 bits per heavy atom. The second kappa shape index (κ2) is 4.84. The number of nitrogens with one attached hydrogen (secondary N) is 1. The standard InChI is InChI=1S/C13H21NO/c1-10(9-12-5-3-6-12)14-11(2)13-7-4-8-15-13/h4,7-8,10-12,14H,3,5-6,9H2,1-2H3/t10?,11-/m1/s1. The molecule has 1 aliphatic rings. The van der Waals surface area contributed by atoms with Crippen LogP contribution in [0.1, 0.15) is 51.3 Å². The average molecular weight is 207 g/mol. The Labute approximate surface area is 92.1 Å². The molecule has 1 aromatic rings. The van der Waals surface area contributed by atoms with E-state index in [2.05, 4.69) is 19.2 Å². The largest absolute Gasteiger partial charge is 0.468 e. The van der Waals surface area contributed by atoms with Crippen molar-refractivity contribution >= 4 is 0 Å². The summed E-state index contributed by atoms with van der Waals surface area (Å²) in [5, 5.41) is 3.59. The van der Waals surface area contributed by atoms with Crippen molar-refractivity contribution in [3.63, 3.8) is 0 Å². The molecule has 0 aromatic carbocycles. The van der Waals surface area contributed by atoms with E-state index in [-0.39, 0.29) is 0 Å². The van der Waals surface area contributed by atoms with Gasteiger partial charge in [-0.05, 0) is 38.3 Å². The molecule has 0 aliphatic heterocycles. The monoisotopic (exact) mass is 207 g/mol. The fourth-order valence-corrected chi connectivity index (χ4v) is 2.34. The third-order valence-corrected chi connectivity index (χ3v) is 3.42. The Balaban J connectivity index is 1.75. The van der Waals surface area contributed by atoms with Crippen LogP contribution in [0.25, 0.3) is 0 Å². The molecule has 84 valence electrons. The van der Waals surface area contributed by atoms with Gasteiger partial charge in [-0.2, -0.15) is 0 Å². The third kappa shape index (κ3) is 2.85. The first kappa shape index (κ1) is 10.7. The molecule has 15 heavy (non-hydrogen) atoms. The second-order valence-corrected chi connectivity index (χ2v) is 4.84. The van der Waals surface area contributed by atoms with E-state index in [1.807, 2.05) is 12.1 Å². The van der Waals surface area contributed by atoms with Crippen LogP contribution in [0.2, 0.25) is 0 Å². The summed E-state index contributed by atoms with van der Waals surface area (Å²) in [7, 11) is 0. The van der Waals surface area contributed by atoms with E-state index in [1.165, 1.54) is 25.7 Å². The van der Waals surface area contributed by atoms with E-state index in [0.29, 0.717) is 12.1 Å². The van der Waals surface area contributed by atoms with Gasteiger partial charge in [0, 0.05) is 6.04 Å². The summed E-state index contributed by atoms with van der Waals surface area (Å²) in [5.74, 6) is 2.01. The van der Waals surface area contributed by atoms with Gasteiger partial charge < -0.3 is 9.73 Å². The highest BCUT2D eigenvalue weighted by Gasteiger charge is 2.21. The Hall–Kier alpha value is -0.760. The third-order valence-electron chi connectivity index (χ3n) is 3.42. The molecule has 1 saturated carbocycles. The van der Waals surface area contributed by atoms with Crippen molar-refractivity contribution in [3.05, 3.63) is 24.2 Å². The highest BCUT2D eigenvalue weighted by molar-refractivity contribution is 5.03. The average Bonchev–Trinajstić information content (AvgIpc) is 2.64. The minimum Gasteiger partial charge on any atom is -0.468 e. The Kier molecular flexibility index (Phi) is 3.47. The molecule has 0 amide bonds. The molecule has 0 saturated heterocycles. The zero-order valence-corrected chi connectivity index (χ0v) is 9.70. The van der Waals surface area contributed by atoms with Crippen LogP contribution in [-0.2, 0) is 0 Å². The van der Waals surface area contributed by atoms with Crippen LogP contribution in [0.15, 0.2) is 22.8 Å². The van der Waals surface area contributed by atoms with Crippen LogP contribution < -0.4 is 5.32 Å². The molecule has 1 N–H and O–H groups in total. The van der Waals surface area contributed by atoms with Gasteiger partial charge in [0.05, 0.1) is 12.3 Å². The van der Waals surface area contributed by atoms with Gasteiger partial charge in [-0.1, -0.05) is 19.3 Å². The first-order chi connectivity index (χ1) is 7.25. The summed E-state index contributed by atoms with van der Waals surface area (Å²) >= 11 is 0. The van der Waals surface area contributed by atoms with E-state index in [0.717, 1.165) is 11.7 Å². The van der Waals surface area contributed by atoms with Crippen molar-refractivity contribution < 1.29 is 4.42 Å². The second-order valence-electron chi connectivity index (χ2n) is 4.84. The smallest absolute Gasteiger partial charge is 0.120 e. The fourth-order valence-electron chi connectivity index (χ4n) is 2.34. The van der Waals surface area contributed by atoms with Crippen molar-refractivity contribution in [2.75, 3.05) is 0 Å². The van der Waals surface area contributed by atoms with Gasteiger partial charge in [0.15, 0.2) is 0 Å².